The van der Waals surface area contributed by atoms with Crippen molar-refractivity contribution in [1.82, 2.24) is 0 Å². The van der Waals surface area contributed by atoms with Crippen LogP contribution in [-0.4, -0.2) is 29.2 Å². The topological polar surface area (TPSA) is 113 Å². The van der Waals surface area contributed by atoms with E-state index in [0.29, 0.717) is 55.4 Å². The number of carboxylic acid groups (broad SMARTS) is 1. The fraction of sp³-hybridized carbons (Fsp3) is 0. The summed E-state index contributed by atoms with van der Waals surface area (Å²) in [5.41, 5.74) is 1.23. The molecule has 0 aliphatic carbocycles. The van der Waals surface area contributed by atoms with Crippen molar-refractivity contribution in [2.75, 3.05) is 10.6 Å². The lowest BCUT2D eigenvalue weighted by molar-refractivity contribution is 0.0698. The van der Waals surface area contributed by atoms with E-state index in [1.165, 1.54) is 60.7 Å². The van der Waals surface area contributed by atoms with Gasteiger partial charge in [-0.1, -0.05) is 30.3 Å². The van der Waals surface area contributed by atoms with Gasteiger partial charge in [0.05, 0.1) is 5.56 Å². The van der Waals surface area contributed by atoms with Gasteiger partial charge in [-0.3, -0.25) is 14.4 Å². The minimum Gasteiger partial charge on any atom is -0.478 e. The largest absolute Gasteiger partial charge is 0.478 e. The normalized spacial score (nSPS) is 11.3. The van der Waals surface area contributed by atoms with Crippen LogP contribution in [0.15, 0.2) is 97.1 Å². The van der Waals surface area contributed by atoms with Crippen molar-refractivity contribution in [3.8, 4) is 0 Å². The van der Waals surface area contributed by atoms with Crippen LogP contribution in [0.3, 0.4) is 0 Å². The van der Waals surface area contributed by atoms with E-state index in [9.17, 15) is 33.1 Å². The summed E-state index contributed by atoms with van der Waals surface area (Å²) in [5, 5.41) is 19.9. The van der Waals surface area contributed by atoms with Gasteiger partial charge in [-0.2, -0.15) is 0 Å². The standard InChI is InChI=1S/C36H20F2N2O5/c37-19-2-6-21(7-3-19)39-34(42)27-14-11-24-26-13-16-29(36(44)45)33-28(35(43)40-22-8-4-20(38)5-9-22)15-12-25(32(26)33)23-10-1-18(17-41)30(27)31(23)24/h1-17H,(H,39,42)(H,40,43)(H,44,45). The number of hydrogen-bond acceptors (Lipinski definition) is 4. The van der Waals surface area contributed by atoms with E-state index >= 15 is 0 Å². The van der Waals surface area contributed by atoms with E-state index in [4.69, 9.17) is 0 Å². The Morgan fingerprint density at radius 1 is 0.511 bits per heavy atom. The molecule has 7 aromatic rings. The highest BCUT2D eigenvalue weighted by atomic mass is 19.1. The van der Waals surface area contributed by atoms with Gasteiger partial charge < -0.3 is 15.7 Å². The Hall–Kier alpha value is -6.22. The van der Waals surface area contributed by atoms with Crippen LogP contribution < -0.4 is 10.6 Å². The molecule has 45 heavy (non-hydrogen) atoms. The van der Waals surface area contributed by atoms with E-state index < -0.39 is 29.4 Å². The van der Waals surface area contributed by atoms with Gasteiger partial charge in [0, 0.05) is 38.8 Å². The SMILES string of the molecule is O=Cc1ccc2c3ccc(C(=O)Nc4ccc(F)cc4)c4c(C(=O)O)ccc(c5ccc(C(=O)Nc6ccc(F)cc6)c1c52)c43. The molecule has 0 unspecified atom stereocenters. The number of aromatic carboxylic acids is 1. The van der Waals surface area contributed by atoms with E-state index in [-0.39, 0.29) is 27.6 Å². The molecule has 0 bridgehead atoms. The second-order valence-corrected chi connectivity index (χ2v) is 10.5. The quantitative estimate of drug-likeness (QED) is 0.102. The lowest BCUT2D eigenvalue weighted by Gasteiger charge is -2.19. The number of anilines is 2. The monoisotopic (exact) mass is 598 g/mol. The summed E-state index contributed by atoms with van der Waals surface area (Å²) >= 11 is 0. The maximum absolute atomic E-state index is 13.5. The van der Waals surface area contributed by atoms with Crippen LogP contribution >= 0.6 is 0 Å². The molecule has 0 aliphatic rings. The summed E-state index contributed by atoms with van der Waals surface area (Å²) in [6.45, 7) is 0. The van der Waals surface area contributed by atoms with Crippen molar-refractivity contribution in [2.45, 2.75) is 0 Å². The number of hydrogen-bond donors (Lipinski definition) is 3. The maximum atomic E-state index is 13.5. The predicted octanol–water partition coefficient (Wildman–Crippen LogP) is 8.03. The Morgan fingerprint density at radius 3 is 1.36 bits per heavy atom. The fourth-order valence-corrected chi connectivity index (χ4v) is 6.03. The molecule has 2 amide bonds. The first-order chi connectivity index (χ1) is 21.7. The molecule has 0 saturated carbocycles. The van der Waals surface area contributed by atoms with Gasteiger partial charge in [0.1, 0.15) is 11.6 Å². The van der Waals surface area contributed by atoms with Crippen molar-refractivity contribution in [3.05, 3.63) is 131 Å². The second-order valence-electron chi connectivity index (χ2n) is 10.5. The van der Waals surface area contributed by atoms with Gasteiger partial charge in [0.25, 0.3) is 11.8 Å². The highest BCUT2D eigenvalue weighted by Gasteiger charge is 2.24. The van der Waals surface area contributed by atoms with E-state index in [1.54, 1.807) is 36.4 Å². The van der Waals surface area contributed by atoms with Crippen molar-refractivity contribution >= 4 is 78.5 Å². The van der Waals surface area contributed by atoms with Crippen molar-refractivity contribution < 1.29 is 33.1 Å². The minimum absolute atomic E-state index is 0.0839. The number of fused-ring (bicyclic) bond motifs is 2. The molecule has 0 spiro atoms. The predicted molar refractivity (Wildman–Crippen MR) is 169 cm³/mol. The zero-order valence-corrected chi connectivity index (χ0v) is 23.2. The molecule has 7 aromatic carbocycles. The Kier molecular flexibility index (Phi) is 6.44. The average molecular weight is 599 g/mol. The van der Waals surface area contributed by atoms with E-state index in [1.807, 2.05) is 0 Å². The Bertz CT molecular complexity index is 2350. The molecule has 0 atom stereocenters. The first-order valence-corrected chi connectivity index (χ1v) is 13.8. The summed E-state index contributed by atoms with van der Waals surface area (Å²) in [6.07, 6.45) is 0.666. The number of benzene rings is 7. The lowest BCUT2D eigenvalue weighted by Crippen LogP contribution is -2.14. The van der Waals surface area contributed by atoms with Gasteiger partial charge in [0.15, 0.2) is 6.29 Å². The molecule has 3 N–H and O–H groups in total. The van der Waals surface area contributed by atoms with Crippen LogP contribution in [-0.2, 0) is 0 Å². The molecule has 0 radical (unpaired) electrons. The third-order valence-corrected chi connectivity index (χ3v) is 7.98. The summed E-state index contributed by atoms with van der Waals surface area (Å²) in [4.78, 5) is 51.7. The summed E-state index contributed by atoms with van der Waals surface area (Å²) in [6, 6.07) is 23.5. The summed E-state index contributed by atoms with van der Waals surface area (Å²) in [7, 11) is 0. The second kappa shape index (κ2) is 10.5. The summed E-state index contributed by atoms with van der Waals surface area (Å²) < 4.78 is 26.9. The zero-order valence-electron chi connectivity index (χ0n) is 23.2. The highest BCUT2D eigenvalue weighted by molar-refractivity contribution is 6.38. The van der Waals surface area contributed by atoms with Gasteiger partial charge in [-0.25, -0.2) is 13.6 Å². The van der Waals surface area contributed by atoms with Crippen LogP contribution in [0.25, 0.3) is 43.1 Å². The number of amides is 2. The molecule has 0 fully saturated rings. The van der Waals surface area contributed by atoms with Crippen LogP contribution in [0.2, 0.25) is 0 Å². The molecule has 7 rings (SSSR count). The third-order valence-electron chi connectivity index (χ3n) is 7.98. The average Bonchev–Trinajstić information content (AvgIpc) is 3.04. The summed E-state index contributed by atoms with van der Waals surface area (Å²) in [5.74, 6) is -3.22. The van der Waals surface area contributed by atoms with E-state index in [0.717, 1.165) is 0 Å². The van der Waals surface area contributed by atoms with Crippen LogP contribution in [0, 0.1) is 11.6 Å². The Morgan fingerprint density at radius 2 is 0.911 bits per heavy atom. The van der Waals surface area contributed by atoms with Crippen LogP contribution in [0.4, 0.5) is 20.2 Å². The number of carbonyl (C=O) groups is 4. The Balaban J connectivity index is 1.49. The minimum atomic E-state index is -1.23. The Labute approximate surface area is 253 Å². The molecular weight excluding hydrogens is 578 g/mol. The molecule has 7 nitrogen and oxygen atoms in total. The van der Waals surface area contributed by atoms with Gasteiger partial charge in [-0.15, -0.1) is 0 Å². The van der Waals surface area contributed by atoms with Gasteiger partial charge in [0.2, 0.25) is 0 Å². The highest BCUT2D eigenvalue weighted by Crippen LogP contribution is 2.44. The number of nitrogens with one attached hydrogen (secondary N) is 2. The number of rotatable bonds is 6. The smallest absolute Gasteiger partial charge is 0.336 e. The van der Waals surface area contributed by atoms with Crippen LogP contribution in [0.1, 0.15) is 41.4 Å². The van der Waals surface area contributed by atoms with Crippen LogP contribution in [0.5, 0.6) is 0 Å². The molecule has 0 aromatic heterocycles. The van der Waals surface area contributed by atoms with Crippen molar-refractivity contribution in [1.29, 1.82) is 0 Å². The number of carboxylic acids is 1. The first kappa shape index (κ1) is 27.6. The lowest BCUT2D eigenvalue weighted by atomic mass is 9.84. The number of aldehydes is 1. The molecular formula is C36H20F2N2O5. The molecule has 0 heterocycles. The molecule has 0 aliphatic heterocycles. The molecule has 218 valence electrons. The fourth-order valence-electron chi connectivity index (χ4n) is 6.03. The molecule has 9 heteroatoms. The van der Waals surface area contributed by atoms with Crippen molar-refractivity contribution in [2.24, 2.45) is 0 Å². The van der Waals surface area contributed by atoms with Gasteiger partial charge >= 0.3 is 5.97 Å². The maximum Gasteiger partial charge on any atom is 0.336 e. The van der Waals surface area contributed by atoms with Crippen molar-refractivity contribution in [3.63, 3.8) is 0 Å². The van der Waals surface area contributed by atoms with Gasteiger partial charge in [-0.05, 0) is 99.0 Å². The zero-order chi connectivity index (χ0) is 31.4. The molecule has 0 saturated heterocycles. The third kappa shape index (κ3) is 4.49. The number of carbonyl (C=O) groups excluding carboxylic acids is 3. The van der Waals surface area contributed by atoms with E-state index in [2.05, 4.69) is 10.6 Å². The first-order valence-electron chi connectivity index (χ1n) is 13.8. The number of halogens is 2.